The van der Waals surface area contributed by atoms with Crippen LogP contribution < -0.4 is 10.9 Å². The third-order valence-electron chi connectivity index (χ3n) is 6.75. The van der Waals surface area contributed by atoms with E-state index in [0.29, 0.717) is 27.7 Å². The Morgan fingerprint density at radius 1 is 1.14 bits per heavy atom. The molecule has 0 saturated carbocycles. The summed E-state index contributed by atoms with van der Waals surface area (Å²) in [6.45, 7) is -0.494. The molecule has 3 aromatic rings. The van der Waals surface area contributed by atoms with E-state index in [1.54, 1.807) is 23.9 Å². The maximum Gasteiger partial charge on any atom is 0.408 e. The zero-order valence-corrected chi connectivity index (χ0v) is 21.0. The molecule has 2 aliphatic rings. The molecule has 5 rings (SSSR count). The van der Waals surface area contributed by atoms with E-state index >= 15 is 0 Å². The summed E-state index contributed by atoms with van der Waals surface area (Å²) >= 11 is 8.15. The molecule has 12 heteroatoms. The molecule has 1 aromatic heterocycles. The third kappa shape index (κ3) is 4.14. The monoisotopic (exact) mass is 551 g/mol. The van der Waals surface area contributed by atoms with Gasteiger partial charge in [-0.15, -0.1) is 11.8 Å². The predicted octanol–water partition coefficient (Wildman–Crippen LogP) is 4.47. The van der Waals surface area contributed by atoms with Gasteiger partial charge in [-0.25, -0.2) is 4.68 Å². The molecule has 2 aliphatic heterocycles. The van der Waals surface area contributed by atoms with Crippen molar-refractivity contribution in [3.05, 3.63) is 79.6 Å². The highest BCUT2D eigenvalue weighted by atomic mass is 35.5. The first-order chi connectivity index (χ1) is 17.5. The summed E-state index contributed by atoms with van der Waals surface area (Å²) in [5, 5.41) is 21.3. The van der Waals surface area contributed by atoms with E-state index in [1.807, 2.05) is 24.3 Å². The number of rotatable bonds is 3. The summed E-state index contributed by atoms with van der Waals surface area (Å²) in [6.07, 6.45) is -4.29. The van der Waals surface area contributed by atoms with Crippen LogP contribution in [0, 0.1) is 0 Å². The summed E-state index contributed by atoms with van der Waals surface area (Å²) in [7, 11) is 0. The van der Waals surface area contributed by atoms with Crippen molar-refractivity contribution in [1.29, 1.82) is 0 Å². The molecule has 0 fully saturated rings. The fraction of sp³-hybridized carbons (Fsp3) is 0.280. The zero-order valence-electron chi connectivity index (χ0n) is 19.4. The number of hydrogen-bond acceptors (Lipinski definition) is 6. The number of pyridine rings is 1. The van der Waals surface area contributed by atoms with Gasteiger partial charge in [0.15, 0.2) is 11.4 Å². The maximum absolute atomic E-state index is 13.4. The van der Waals surface area contributed by atoms with Gasteiger partial charge in [0, 0.05) is 21.2 Å². The predicted molar refractivity (Wildman–Crippen MR) is 133 cm³/mol. The van der Waals surface area contributed by atoms with E-state index in [4.69, 9.17) is 11.6 Å². The molecule has 37 heavy (non-hydrogen) atoms. The molecule has 0 bridgehead atoms. The summed E-state index contributed by atoms with van der Waals surface area (Å²) in [5.41, 5.74) is 3.98. The van der Waals surface area contributed by atoms with E-state index < -0.39 is 48.3 Å². The molecular formula is C25H21ClF3N3O4S. The number of nitrogens with zero attached hydrogens (tertiary/aromatic N) is 2. The van der Waals surface area contributed by atoms with Crippen molar-refractivity contribution in [3.63, 3.8) is 0 Å². The molecule has 0 unspecified atom stereocenters. The van der Waals surface area contributed by atoms with Crippen LogP contribution in [0.1, 0.15) is 39.7 Å². The quantitative estimate of drug-likeness (QED) is 0.445. The molecule has 1 atom stereocenters. The van der Waals surface area contributed by atoms with Crippen molar-refractivity contribution in [1.82, 2.24) is 9.58 Å². The number of thioether (sulfide) groups is 1. The highest BCUT2D eigenvalue weighted by Gasteiger charge is 2.45. The summed E-state index contributed by atoms with van der Waals surface area (Å²) in [6, 6.07) is 8.89. The molecule has 0 aliphatic carbocycles. The highest BCUT2D eigenvalue weighted by Crippen LogP contribution is 2.42. The van der Waals surface area contributed by atoms with Crippen molar-refractivity contribution in [2.24, 2.45) is 0 Å². The average Bonchev–Trinajstić information content (AvgIpc) is 3.06. The fourth-order valence-electron chi connectivity index (χ4n) is 4.71. The molecule has 0 radical (unpaired) electrons. The van der Waals surface area contributed by atoms with Crippen LogP contribution in [0.3, 0.4) is 0 Å². The van der Waals surface area contributed by atoms with Gasteiger partial charge in [0.05, 0.1) is 17.9 Å². The van der Waals surface area contributed by atoms with Gasteiger partial charge in [0.1, 0.15) is 12.7 Å². The van der Waals surface area contributed by atoms with Gasteiger partial charge in [0.2, 0.25) is 5.43 Å². The second-order valence-electron chi connectivity index (χ2n) is 8.78. The molecule has 2 aromatic carbocycles. The number of hydrogen-bond donors (Lipinski definition) is 3. The molecule has 0 spiro atoms. The molecule has 7 nitrogen and oxygen atoms in total. The minimum absolute atomic E-state index is 0.0882. The van der Waals surface area contributed by atoms with Crippen LogP contribution in [0.25, 0.3) is 11.3 Å². The number of aliphatic hydroxyl groups excluding tert-OH is 1. The Morgan fingerprint density at radius 2 is 1.86 bits per heavy atom. The Hall–Kier alpha value is -3.15. The second kappa shape index (κ2) is 9.30. The van der Waals surface area contributed by atoms with Gasteiger partial charge in [-0.05, 0) is 42.2 Å². The SMILES string of the molecule is C[C@@H](N1CNn2c(c(O)c(=O)c(CO)c2-c2ccc(Cl)c3c2Cc2ccccc2SC3)C1=O)C(F)(F)F. The number of aromatic nitrogens is 1. The number of aromatic hydroxyl groups is 1. The lowest BCUT2D eigenvalue weighted by molar-refractivity contribution is -0.172. The summed E-state index contributed by atoms with van der Waals surface area (Å²) in [5.74, 6) is -1.68. The lowest BCUT2D eigenvalue weighted by Crippen LogP contribution is -2.55. The minimum Gasteiger partial charge on any atom is -0.502 e. The van der Waals surface area contributed by atoms with Crippen molar-refractivity contribution >= 4 is 29.3 Å². The number of halogens is 4. The number of alkyl halides is 3. The van der Waals surface area contributed by atoms with Gasteiger partial charge >= 0.3 is 6.18 Å². The first-order valence-electron chi connectivity index (χ1n) is 11.3. The number of fused-ring (bicyclic) bond motifs is 3. The van der Waals surface area contributed by atoms with Crippen LogP contribution in [-0.2, 0) is 18.8 Å². The third-order valence-corrected chi connectivity index (χ3v) is 8.25. The standard InChI is InChI=1S/C25H21ClF3N3O4S/c1-12(25(27,28)29)31-11-30-32-20(16(9-33)22(34)23(35)21(32)24(31)36)14-6-7-18(26)17-10-37-19-5-3-2-4-13(19)8-15(14)17/h2-7,12,30,33,35H,8-11H2,1H3/t12-/m1/s1. The van der Waals surface area contributed by atoms with Gasteiger partial charge in [-0.1, -0.05) is 35.9 Å². The van der Waals surface area contributed by atoms with E-state index in [1.165, 1.54) is 0 Å². The Morgan fingerprint density at radius 3 is 2.57 bits per heavy atom. The van der Waals surface area contributed by atoms with E-state index in [9.17, 15) is 33.0 Å². The number of aliphatic hydroxyl groups is 1. The van der Waals surface area contributed by atoms with Crippen LogP contribution >= 0.6 is 23.4 Å². The van der Waals surface area contributed by atoms with Gasteiger partial charge in [0.25, 0.3) is 5.91 Å². The summed E-state index contributed by atoms with van der Waals surface area (Å²) in [4.78, 5) is 27.9. The number of carbonyl (C=O) groups excluding carboxylic acids is 1. The maximum atomic E-state index is 13.4. The highest BCUT2D eigenvalue weighted by molar-refractivity contribution is 7.98. The Bertz CT molecular complexity index is 1490. The number of benzene rings is 2. The molecule has 1 amide bonds. The number of nitrogens with one attached hydrogen (secondary N) is 1. The zero-order chi connectivity index (χ0) is 26.6. The van der Waals surface area contributed by atoms with Crippen LogP contribution in [0.4, 0.5) is 13.2 Å². The van der Waals surface area contributed by atoms with Crippen molar-refractivity contribution in [2.75, 3.05) is 12.1 Å². The van der Waals surface area contributed by atoms with E-state index in [2.05, 4.69) is 5.43 Å². The van der Waals surface area contributed by atoms with Crippen LogP contribution in [0.15, 0.2) is 46.1 Å². The Kier molecular flexibility index (Phi) is 6.41. The molecular weight excluding hydrogens is 531 g/mol. The average molecular weight is 552 g/mol. The normalized spacial score (nSPS) is 15.8. The van der Waals surface area contributed by atoms with E-state index in [-0.39, 0.29) is 11.3 Å². The smallest absolute Gasteiger partial charge is 0.408 e. The lowest BCUT2D eigenvalue weighted by Gasteiger charge is -2.37. The largest absolute Gasteiger partial charge is 0.502 e. The van der Waals surface area contributed by atoms with Crippen LogP contribution in [0.2, 0.25) is 5.02 Å². The lowest BCUT2D eigenvalue weighted by atomic mass is 9.91. The fourth-order valence-corrected chi connectivity index (χ4v) is 6.17. The first kappa shape index (κ1) is 25.5. The van der Waals surface area contributed by atoms with Gasteiger partial charge in [-0.3, -0.25) is 9.59 Å². The molecule has 3 heterocycles. The van der Waals surface area contributed by atoms with Crippen LogP contribution in [0.5, 0.6) is 5.75 Å². The van der Waals surface area contributed by atoms with Crippen LogP contribution in [-0.4, -0.2) is 44.6 Å². The van der Waals surface area contributed by atoms with Crippen molar-refractivity contribution < 1.29 is 28.2 Å². The molecule has 0 saturated heterocycles. The van der Waals surface area contributed by atoms with E-state index in [0.717, 1.165) is 33.2 Å². The van der Waals surface area contributed by atoms with Crippen molar-refractivity contribution in [3.8, 4) is 17.0 Å². The first-order valence-corrected chi connectivity index (χ1v) is 12.7. The van der Waals surface area contributed by atoms with Crippen molar-refractivity contribution in [2.45, 2.75) is 42.8 Å². The summed E-state index contributed by atoms with van der Waals surface area (Å²) < 4.78 is 41.3. The number of amides is 1. The minimum atomic E-state index is -4.72. The molecule has 194 valence electrons. The van der Waals surface area contributed by atoms with Gasteiger partial charge < -0.3 is 20.5 Å². The molecule has 3 N–H and O–H groups in total. The Balaban J connectivity index is 1.76. The van der Waals surface area contributed by atoms with Gasteiger partial charge in [-0.2, -0.15) is 13.2 Å². The topological polar surface area (TPSA) is 94.8 Å². The Labute approximate surface area is 218 Å². The second-order valence-corrected chi connectivity index (χ2v) is 10.2. The number of carbonyl (C=O) groups is 1.